The Labute approximate surface area is 72.4 Å². The fraction of sp³-hybridized carbons (Fsp3) is 0.750. The molecule has 0 bridgehead atoms. The molecular weight excluding hydrogens is 169 g/mol. The molecule has 0 aromatic heterocycles. The third-order valence-electron chi connectivity index (χ3n) is 0. The Morgan fingerprint density at radius 3 is 1.17 bits per heavy atom. The van der Waals surface area contributed by atoms with Crippen LogP contribution in [0.15, 0.2) is 0 Å². The van der Waals surface area contributed by atoms with Crippen LogP contribution in [0.2, 0.25) is 0 Å². The molecule has 0 heterocycles. The van der Waals surface area contributed by atoms with Gasteiger partial charge in [-0.25, -0.2) is 0 Å². The van der Waals surface area contributed by atoms with E-state index in [9.17, 15) is 0 Å². The zero-order valence-electron chi connectivity index (χ0n) is 3.69. The van der Waals surface area contributed by atoms with Crippen LogP contribution < -0.4 is 0 Å². The normalized spacial score (nSPS) is 2.00. The van der Waals surface area contributed by atoms with Gasteiger partial charge < -0.3 is 19.6 Å². The van der Waals surface area contributed by atoms with E-state index in [1.165, 1.54) is 0 Å². The van der Waals surface area contributed by atoms with E-state index in [2.05, 4.69) is 19.6 Å². The minimum atomic E-state index is 0. The van der Waals surface area contributed by atoms with Crippen molar-refractivity contribution in [2.75, 3.05) is 6.26 Å². The minimum absolute atomic E-state index is 0. The van der Waals surface area contributed by atoms with Crippen LogP contribution in [-0.4, -0.2) is 6.26 Å². The summed E-state index contributed by atoms with van der Waals surface area (Å²) in [5.74, 6) is 0. The molecular formula is C4H12SY-2. The third-order valence-corrected chi connectivity index (χ3v) is 0. The molecule has 0 aliphatic rings. The van der Waals surface area contributed by atoms with E-state index in [4.69, 9.17) is 0 Å². The first-order chi connectivity index (χ1) is 2.00. The molecule has 0 rings (SSSR count). The SMILES string of the molecule is C.C[S-].[CH2-]C.[Y]. The number of hydrogen-bond acceptors (Lipinski definition) is 1. The van der Waals surface area contributed by atoms with Crippen molar-refractivity contribution in [2.45, 2.75) is 14.4 Å². The van der Waals surface area contributed by atoms with Gasteiger partial charge in [-0.05, 0) is 0 Å². The molecule has 0 aromatic carbocycles. The second kappa shape index (κ2) is 90.8. The topological polar surface area (TPSA) is 0 Å². The molecule has 0 spiro atoms. The summed E-state index contributed by atoms with van der Waals surface area (Å²) < 4.78 is 0. The third kappa shape index (κ3) is 51.2. The molecule has 0 N–H and O–H groups in total. The van der Waals surface area contributed by atoms with Gasteiger partial charge in [-0.1, -0.05) is 7.43 Å². The summed E-state index contributed by atoms with van der Waals surface area (Å²) in [5.41, 5.74) is 0. The molecule has 0 aromatic rings. The largest absolute Gasteiger partial charge is 0.796 e. The summed E-state index contributed by atoms with van der Waals surface area (Å²) in [6.07, 6.45) is 1.58. The van der Waals surface area contributed by atoms with Crippen molar-refractivity contribution in [3.8, 4) is 0 Å². The van der Waals surface area contributed by atoms with Crippen LogP contribution >= 0.6 is 0 Å². The molecule has 0 aliphatic carbocycles. The molecule has 1 radical (unpaired) electrons. The van der Waals surface area contributed by atoms with E-state index in [1.54, 1.807) is 13.2 Å². The van der Waals surface area contributed by atoms with Gasteiger partial charge in [0.05, 0.1) is 0 Å². The minimum Gasteiger partial charge on any atom is -0.796 e. The van der Waals surface area contributed by atoms with Crippen molar-refractivity contribution in [3.05, 3.63) is 6.92 Å². The van der Waals surface area contributed by atoms with Crippen molar-refractivity contribution in [1.82, 2.24) is 0 Å². The monoisotopic (exact) mass is 181 g/mol. The van der Waals surface area contributed by atoms with Crippen LogP contribution in [0, 0.1) is 6.92 Å². The predicted molar refractivity (Wildman–Crippen MR) is 31.1 cm³/mol. The van der Waals surface area contributed by atoms with Gasteiger partial charge in [0, 0.05) is 32.7 Å². The first-order valence-electron chi connectivity index (χ1n) is 1.12. The van der Waals surface area contributed by atoms with Gasteiger partial charge in [0.15, 0.2) is 0 Å². The Morgan fingerprint density at radius 1 is 1.17 bits per heavy atom. The van der Waals surface area contributed by atoms with Crippen LogP contribution in [0.5, 0.6) is 0 Å². The van der Waals surface area contributed by atoms with Crippen LogP contribution in [0.25, 0.3) is 0 Å². The summed E-state index contributed by atoms with van der Waals surface area (Å²) in [5, 5.41) is 0. The van der Waals surface area contributed by atoms with Crippen LogP contribution in [-0.2, 0) is 45.3 Å². The fourth-order valence-electron chi connectivity index (χ4n) is 0. The van der Waals surface area contributed by atoms with Gasteiger partial charge in [-0.15, -0.1) is 0 Å². The van der Waals surface area contributed by atoms with Crippen molar-refractivity contribution in [3.63, 3.8) is 0 Å². The van der Waals surface area contributed by atoms with Crippen molar-refractivity contribution < 1.29 is 32.7 Å². The molecule has 0 aliphatic heterocycles. The molecule has 2 heteroatoms. The molecule has 0 nitrogen and oxygen atoms in total. The van der Waals surface area contributed by atoms with E-state index >= 15 is 0 Å². The Morgan fingerprint density at radius 2 is 1.17 bits per heavy atom. The average Bonchev–Trinajstić information content (AvgIpc) is 1.50. The van der Waals surface area contributed by atoms with Gasteiger partial charge in [-0.3, -0.25) is 0 Å². The Kier molecular flexibility index (Phi) is 394. The van der Waals surface area contributed by atoms with E-state index in [0.29, 0.717) is 0 Å². The first-order valence-corrected chi connectivity index (χ1v) is 1.93. The zero-order valence-corrected chi connectivity index (χ0v) is 7.35. The van der Waals surface area contributed by atoms with Crippen molar-refractivity contribution in [1.29, 1.82) is 0 Å². The van der Waals surface area contributed by atoms with Gasteiger partial charge >= 0.3 is 0 Å². The summed E-state index contributed by atoms with van der Waals surface area (Å²) in [6.45, 7) is 5.00. The quantitative estimate of drug-likeness (QED) is 0.404. The maximum atomic E-state index is 4.08. The predicted octanol–water partition coefficient (Wildman–Crippen LogP) is 1.64. The summed E-state index contributed by atoms with van der Waals surface area (Å²) in [7, 11) is 0. The molecule has 0 saturated heterocycles. The second-order valence-electron chi connectivity index (χ2n) is 0. The number of rotatable bonds is 0. The molecule has 6 heavy (non-hydrogen) atoms. The molecule has 39 valence electrons. The van der Waals surface area contributed by atoms with Crippen LogP contribution in [0.1, 0.15) is 14.4 Å². The Hall–Kier alpha value is 1.45. The van der Waals surface area contributed by atoms with E-state index in [0.717, 1.165) is 0 Å². The van der Waals surface area contributed by atoms with Crippen molar-refractivity contribution in [2.24, 2.45) is 0 Å². The summed E-state index contributed by atoms with van der Waals surface area (Å²) in [4.78, 5) is 0. The smallest absolute Gasteiger partial charge is 0 e. The van der Waals surface area contributed by atoms with E-state index in [1.807, 2.05) is 0 Å². The van der Waals surface area contributed by atoms with Crippen LogP contribution in [0.4, 0.5) is 0 Å². The van der Waals surface area contributed by atoms with Crippen molar-refractivity contribution >= 4 is 12.6 Å². The standard InChI is InChI=1S/C2H5.CH4S.CH4.Y/c2*1-2;;/h1H2,2H3;2H,1H3;1H4;/q-1;;;/p-1. The summed E-state index contributed by atoms with van der Waals surface area (Å²) in [6, 6.07) is 0. The maximum Gasteiger partial charge on any atom is 0 e. The molecule has 0 amide bonds. The second-order valence-corrected chi connectivity index (χ2v) is 0. The first kappa shape index (κ1) is 26.0. The van der Waals surface area contributed by atoms with E-state index < -0.39 is 0 Å². The molecule has 0 saturated carbocycles. The van der Waals surface area contributed by atoms with Gasteiger partial charge in [-0.2, -0.15) is 13.2 Å². The van der Waals surface area contributed by atoms with Gasteiger partial charge in [0.25, 0.3) is 0 Å². The Bertz CT molecular complexity index is 7.51. The molecule has 0 atom stereocenters. The number of hydrogen-bond donors (Lipinski definition) is 0. The van der Waals surface area contributed by atoms with Gasteiger partial charge in [0.2, 0.25) is 0 Å². The Balaban J connectivity index is -0.00000000500. The van der Waals surface area contributed by atoms with Gasteiger partial charge in [0.1, 0.15) is 0 Å². The van der Waals surface area contributed by atoms with Crippen LogP contribution in [0.3, 0.4) is 0 Å². The fourth-order valence-corrected chi connectivity index (χ4v) is 0. The molecule has 0 fully saturated rings. The maximum absolute atomic E-state index is 4.08. The average molecular weight is 181 g/mol. The van der Waals surface area contributed by atoms with E-state index in [-0.39, 0.29) is 40.1 Å². The summed E-state index contributed by atoms with van der Waals surface area (Å²) >= 11 is 4.08. The molecule has 0 unspecified atom stereocenters. The zero-order chi connectivity index (χ0) is 4.00.